The van der Waals surface area contributed by atoms with E-state index in [0.717, 1.165) is 38.4 Å². The summed E-state index contributed by atoms with van der Waals surface area (Å²) in [4.78, 5) is 13.5. The summed E-state index contributed by atoms with van der Waals surface area (Å²) >= 11 is 0. The van der Waals surface area contributed by atoms with Crippen molar-refractivity contribution >= 4 is 5.97 Å². The summed E-state index contributed by atoms with van der Waals surface area (Å²) in [6.45, 7) is 7.62. The molecule has 4 heteroatoms. The van der Waals surface area contributed by atoms with Gasteiger partial charge in [0.05, 0.1) is 0 Å². The van der Waals surface area contributed by atoms with Gasteiger partial charge in [-0.05, 0) is 44.1 Å². The molecular formula is C15H28N2O2. The SMILES string of the molecule is CCCNC1CC(CC(=O)O)CN(C2CCC2C)C1. The molecular weight excluding hydrogens is 240 g/mol. The van der Waals surface area contributed by atoms with Gasteiger partial charge in [-0.25, -0.2) is 0 Å². The summed E-state index contributed by atoms with van der Waals surface area (Å²) in [7, 11) is 0. The minimum Gasteiger partial charge on any atom is -0.481 e. The maximum absolute atomic E-state index is 11.0. The van der Waals surface area contributed by atoms with Crippen molar-refractivity contribution in [2.75, 3.05) is 19.6 Å². The third kappa shape index (κ3) is 3.93. The third-order valence-electron chi connectivity index (χ3n) is 4.76. The molecule has 4 nitrogen and oxygen atoms in total. The van der Waals surface area contributed by atoms with Crippen molar-refractivity contribution in [1.29, 1.82) is 0 Å². The Kier molecular flexibility index (Phi) is 5.22. The lowest BCUT2D eigenvalue weighted by atomic mass is 9.78. The van der Waals surface area contributed by atoms with Gasteiger partial charge in [0.15, 0.2) is 0 Å². The van der Waals surface area contributed by atoms with E-state index in [9.17, 15) is 4.79 Å². The molecule has 1 saturated carbocycles. The smallest absolute Gasteiger partial charge is 0.303 e. The standard InChI is InChI=1S/C15H28N2O2/c1-3-6-16-13-7-12(8-15(18)19)9-17(10-13)14-5-4-11(14)2/h11-14,16H,3-10H2,1-2H3,(H,18,19). The number of rotatable bonds is 6. The first-order chi connectivity index (χ1) is 9.10. The van der Waals surface area contributed by atoms with Crippen LogP contribution in [-0.2, 0) is 4.79 Å². The van der Waals surface area contributed by atoms with Gasteiger partial charge in [0.1, 0.15) is 0 Å². The molecule has 4 atom stereocenters. The van der Waals surface area contributed by atoms with E-state index in [2.05, 4.69) is 24.1 Å². The van der Waals surface area contributed by atoms with Crippen LogP contribution in [0.2, 0.25) is 0 Å². The Bertz CT molecular complexity index is 309. The molecule has 2 aliphatic rings. The molecule has 1 heterocycles. The molecule has 0 radical (unpaired) electrons. The van der Waals surface area contributed by atoms with Gasteiger partial charge >= 0.3 is 5.97 Å². The van der Waals surface area contributed by atoms with Gasteiger partial charge in [-0.3, -0.25) is 9.69 Å². The molecule has 1 aliphatic carbocycles. The number of carboxylic acid groups (broad SMARTS) is 1. The van der Waals surface area contributed by atoms with Gasteiger partial charge in [0, 0.05) is 31.6 Å². The normalized spacial score (nSPS) is 35.9. The Morgan fingerprint density at radius 3 is 2.68 bits per heavy atom. The number of nitrogens with one attached hydrogen (secondary N) is 1. The maximum atomic E-state index is 11.0. The summed E-state index contributed by atoms with van der Waals surface area (Å²) in [5, 5.41) is 12.6. The lowest BCUT2D eigenvalue weighted by molar-refractivity contribution is -0.138. The second-order valence-electron chi connectivity index (χ2n) is 6.43. The van der Waals surface area contributed by atoms with Crippen LogP contribution in [0.15, 0.2) is 0 Å². The van der Waals surface area contributed by atoms with Gasteiger partial charge in [-0.1, -0.05) is 13.8 Å². The number of carbonyl (C=O) groups is 1. The van der Waals surface area contributed by atoms with Crippen molar-refractivity contribution in [3.05, 3.63) is 0 Å². The number of likely N-dealkylation sites (tertiary alicyclic amines) is 1. The van der Waals surface area contributed by atoms with Crippen LogP contribution < -0.4 is 5.32 Å². The van der Waals surface area contributed by atoms with E-state index in [1.54, 1.807) is 0 Å². The summed E-state index contributed by atoms with van der Waals surface area (Å²) in [5.74, 6) is 0.451. The molecule has 2 rings (SSSR count). The van der Waals surface area contributed by atoms with Crippen LogP contribution in [0.4, 0.5) is 0 Å². The Labute approximate surface area is 116 Å². The van der Waals surface area contributed by atoms with E-state index in [-0.39, 0.29) is 0 Å². The molecule has 0 aromatic carbocycles. The quantitative estimate of drug-likeness (QED) is 0.773. The number of nitrogens with zero attached hydrogens (tertiary/aromatic N) is 1. The second-order valence-corrected chi connectivity index (χ2v) is 6.43. The molecule has 1 aliphatic heterocycles. The molecule has 0 amide bonds. The average molecular weight is 268 g/mol. The first-order valence-corrected chi connectivity index (χ1v) is 7.79. The van der Waals surface area contributed by atoms with Crippen LogP contribution in [0.1, 0.15) is 46.0 Å². The highest BCUT2D eigenvalue weighted by Gasteiger charge is 2.37. The highest BCUT2D eigenvalue weighted by Crippen LogP contribution is 2.34. The molecule has 4 unspecified atom stereocenters. The molecule has 0 spiro atoms. The number of carboxylic acids is 1. The Morgan fingerprint density at radius 1 is 1.37 bits per heavy atom. The maximum Gasteiger partial charge on any atom is 0.303 e. The molecule has 19 heavy (non-hydrogen) atoms. The number of piperidine rings is 1. The van der Waals surface area contributed by atoms with Crippen molar-refractivity contribution in [2.45, 2.75) is 58.0 Å². The van der Waals surface area contributed by atoms with Crippen molar-refractivity contribution in [1.82, 2.24) is 10.2 Å². The predicted octanol–water partition coefficient (Wildman–Crippen LogP) is 1.95. The van der Waals surface area contributed by atoms with E-state index in [4.69, 9.17) is 5.11 Å². The molecule has 0 aromatic rings. The summed E-state index contributed by atoms with van der Waals surface area (Å²) in [5.41, 5.74) is 0. The topological polar surface area (TPSA) is 52.6 Å². The van der Waals surface area contributed by atoms with Crippen LogP contribution in [0.25, 0.3) is 0 Å². The summed E-state index contributed by atoms with van der Waals surface area (Å²) < 4.78 is 0. The average Bonchev–Trinajstić information content (AvgIpc) is 2.33. The van der Waals surface area contributed by atoms with Crippen LogP contribution in [0, 0.1) is 11.8 Å². The molecule has 110 valence electrons. The second kappa shape index (κ2) is 6.71. The van der Waals surface area contributed by atoms with Gasteiger partial charge < -0.3 is 10.4 Å². The minimum absolute atomic E-state index is 0.313. The molecule has 1 saturated heterocycles. The van der Waals surface area contributed by atoms with E-state index in [0.29, 0.717) is 24.4 Å². The third-order valence-corrected chi connectivity index (χ3v) is 4.76. The zero-order valence-corrected chi connectivity index (χ0v) is 12.3. The fourth-order valence-corrected chi connectivity index (χ4v) is 3.59. The van der Waals surface area contributed by atoms with Gasteiger partial charge in [-0.2, -0.15) is 0 Å². The van der Waals surface area contributed by atoms with Crippen molar-refractivity contribution in [3.63, 3.8) is 0 Å². The van der Waals surface area contributed by atoms with E-state index in [1.807, 2.05) is 0 Å². The first-order valence-electron chi connectivity index (χ1n) is 7.79. The lowest BCUT2D eigenvalue weighted by Crippen LogP contribution is -2.56. The largest absolute Gasteiger partial charge is 0.481 e. The fraction of sp³-hybridized carbons (Fsp3) is 0.933. The monoisotopic (exact) mass is 268 g/mol. The highest BCUT2D eigenvalue weighted by molar-refractivity contribution is 5.67. The zero-order valence-electron chi connectivity index (χ0n) is 12.3. The summed E-state index contributed by atoms with van der Waals surface area (Å²) in [6, 6.07) is 1.17. The number of hydrogen-bond donors (Lipinski definition) is 2. The van der Waals surface area contributed by atoms with E-state index >= 15 is 0 Å². The van der Waals surface area contributed by atoms with E-state index in [1.165, 1.54) is 12.8 Å². The van der Waals surface area contributed by atoms with Crippen LogP contribution in [0.3, 0.4) is 0 Å². The predicted molar refractivity (Wildman–Crippen MR) is 76.2 cm³/mol. The van der Waals surface area contributed by atoms with Gasteiger partial charge in [0.2, 0.25) is 0 Å². The molecule has 0 aromatic heterocycles. The fourth-order valence-electron chi connectivity index (χ4n) is 3.59. The van der Waals surface area contributed by atoms with Gasteiger partial charge in [0.25, 0.3) is 0 Å². The van der Waals surface area contributed by atoms with Crippen molar-refractivity contribution in [3.8, 4) is 0 Å². The first kappa shape index (κ1) is 14.8. The van der Waals surface area contributed by atoms with Crippen LogP contribution in [-0.4, -0.2) is 47.7 Å². The van der Waals surface area contributed by atoms with Crippen molar-refractivity contribution in [2.24, 2.45) is 11.8 Å². The highest BCUT2D eigenvalue weighted by atomic mass is 16.4. The van der Waals surface area contributed by atoms with Gasteiger partial charge in [-0.15, -0.1) is 0 Å². The van der Waals surface area contributed by atoms with Crippen LogP contribution >= 0.6 is 0 Å². The number of hydrogen-bond acceptors (Lipinski definition) is 3. The lowest BCUT2D eigenvalue weighted by Gasteiger charge is -2.48. The zero-order chi connectivity index (χ0) is 13.8. The minimum atomic E-state index is -0.650. The molecule has 0 bridgehead atoms. The van der Waals surface area contributed by atoms with E-state index < -0.39 is 5.97 Å². The Balaban J connectivity index is 1.92. The Hall–Kier alpha value is -0.610. The Morgan fingerprint density at radius 2 is 2.16 bits per heavy atom. The summed E-state index contributed by atoms with van der Waals surface area (Å²) in [6.07, 6.45) is 5.10. The van der Waals surface area contributed by atoms with Crippen LogP contribution in [0.5, 0.6) is 0 Å². The molecule has 2 N–H and O–H groups in total. The number of aliphatic carboxylic acids is 1. The molecule has 2 fully saturated rings. The van der Waals surface area contributed by atoms with Crippen molar-refractivity contribution < 1.29 is 9.90 Å².